The second-order valence-corrected chi connectivity index (χ2v) is 6.62. The summed E-state index contributed by atoms with van der Waals surface area (Å²) in [6.45, 7) is 0. The number of carbonyl (C=O) groups is 1. The van der Waals surface area contributed by atoms with Crippen molar-refractivity contribution < 1.29 is 27.1 Å². The number of carboxylic acid groups (broad SMARTS) is 1. The van der Waals surface area contributed by atoms with Crippen molar-refractivity contribution in [3.05, 3.63) is 29.8 Å². The van der Waals surface area contributed by atoms with E-state index in [1.807, 2.05) is 0 Å². The Labute approximate surface area is 112 Å². The number of thioether (sulfide) groups is 1. The quantitative estimate of drug-likeness (QED) is 0.905. The molecule has 0 saturated carbocycles. The number of benzene rings is 1. The third-order valence-electron chi connectivity index (χ3n) is 2.61. The van der Waals surface area contributed by atoms with Crippen LogP contribution in [0.25, 0.3) is 0 Å². The van der Waals surface area contributed by atoms with Crippen molar-refractivity contribution in [1.29, 1.82) is 0 Å². The molecule has 0 radical (unpaired) electrons. The largest absolute Gasteiger partial charge is 0.480 e. The average molecular weight is 309 g/mol. The number of rotatable bonds is 3. The summed E-state index contributed by atoms with van der Waals surface area (Å²) in [5.41, 5.74) is 0. The molecular formula is C10H9F2NO4S2. The predicted molar refractivity (Wildman–Crippen MR) is 64.1 cm³/mol. The first kappa shape index (κ1) is 14.2. The minimum Gasteiger partial charge on any atom is -0.480 e. The summed E-state index contributed by atoms with van der Waals surface area (Å²) < 4.78 is 52.0. The van der Waals surface area contributed by atoms with E-state index in [9.17, 15) is 22.0 Å². The van der Waals surface area contributed by atoms with Gasteiger partial charge in [-0.25, -0.2) is 17.2 Å². The Hall–Kier alpha value is -1.19. The topological polar surface area (TPSA) is 74.7 Å². The average Bonchev–Trinajstić information content (AvgIpc) is 2.77. The van der Waals surface area contributed by atoms with Gasteiger partial charge in [-0.3, -0.25) is 4.79 Å². The van der Waals surface area contributed by atoms with E-state index in [1.165, 1.54) is 0 Å². The lowest BCUT2D eigenvalue weighted by Gasteiger charge is -2.20. The SMILES string of the molecule is O=C(O)C1CSCN1S(=O)(=O)c1c(F)cccc1F. The van der Waals surface area contributed by atoms with Gasteiger partial charge in [0.2, 0.25) is 0 Å². The highest BCUT2D eigenvalue weighted by molar-refractivity contribution is 8.00. The number of nitrogens with zero attached hydrogens (tertiary/aromatic N) is 1. The van der Waals surface area contributed by atoms with Gasteiger partial charge in [-0.05, 0) is 12.1 Å². The van der Waals surface area contributed by atoms with Crippen molar-refractivity contribution in [3.63, 3.8) is 0 Å². The Morgan fingerprint density at radius 1 is 1.37 bits per heavy atom. The molecule has 1 aliphatic heterocycles. The van der Waals surface area contributed by atoms with Gasteiger partial charge in [0.1, 0.15) is 17.7 Å². The number of halogens is 2. The molecular weight excluding hydrogens is 300 g/mol. The van der Waals surface area contributed by atoms with Crippen LogP contribution < -0.4 is 0 Å². The molecule has 0 spiro atoms. The van der Waals surface area contributed by atoms with Crippen LogP contribution in [0.15, 0.2) is 23.1 Å². The van der Waals surface area contributed by atoms with Crippen LogP contribution in [-0.2, 0) is 14.8 Å². The minimum atomic E-state index is -4.51. The minimum absolute atomic E-state index is 0.0463. The fraction of sp³-hybridized carbons (Fsp3) is 0.300. The normalized spacial score (nSPS) is 20.6. The second-order valence-electron chi connectivity index (χ2n) is 3.80. The zero-order valence-corrected chi connectivity index (χ0v) is 11.0. The third kappa shape index (κ3) is 2.45. The maximum Gasteiger partial charge on any atom is 0.322 e. The molecule has 0 aliphatic carbocycles. The summed E-state index contributed by atoms with van der Waals surface area (Å²) in [4.78, 5) is 9.85. The van der Waals surface area contributed by atoms with Crippen molar-refractivity contribution >= 4 is 27.8 Å². The van der Waals surface area contributed by atoms with Gasteiger partial charge in [0.15, 0.2) is 4.90 Å². The monoisotopic (exact) mass is 309 g/mol. The second kappa shape index (κ2) is 5.06. The van der Waals surface area contributed by atoms with Gasteiger partial charge in [-0.15, -0.1) is 11.8 Å². The molecule has 1 aliphatic rings. The van der Waals surface area contributed by atoms with Gasteiger partial charge in [0, 0.05) is 5.75 Å². The first-order valence-corrected chi connectivity index (χ1v) is 7.71. The molecule has 1 atom stereocenters. The lowest BCUT2D eigenvalue weighted by atomic mass is 10.3. The highest BCUT2D eigenvalue weighted by atomic mass is 32.2. The van der Waals surface area contributed by atoms with E-state index in [1.54, 1.807) is 0 Å². The van der Waals surface area contributed by atoms with E-state index in [0.29, 0.717) is 4.31 Å². The molecule has 1 aromatic rings. The Bertz CT molecular complexity index is 600. The molecule has 1 heterocycles. The number of hydrogen-bond donors (Lipinski definition) is 1. The molecule has 1 N–H and O–H groups in total. The van der Waals surface area contributed by atoms with Crippen LogP contribution in [0, 0.1) is 11.6 Å². The lowest BCUT2D eigenvalue weighted by molar-refractivity contribution is -0.140. The van der Waals surface area contributed by atoms with Crippen LogP contribution in [0.3, 0.4) is 0 Å². The molecule has 0 aromatic heterocycles. The summed E-state index contributed by atoms with van der Waals surface area (Å²) in [5, 5.41) is 8.93. The molecule has 5 nitrogen and oxygen atoms in total. The highest BCUT2D eigenvalue weighted by Gasteiger charge is 2.42. The number of carboxylic acids is 1. The van der Waals surface area contributed by atoms with Crippen molar-refractivity contribution in [2.75, 3.05) is 11.6 Å². The van der Waals surface area contributed by atoms with Gasteiger partial charge in [0.25, 0.3) is 10.0 Å². The molecule has 2 rings (SSSR count). The van der Waals surface area contributed by atoms with Gasteiger partial charge in [0.05, 0.1) is 5.88 Å². The standard InChI is InChI=1S/C10H9F2NO4S2/c11-6-2-1-3-7(12)9(6)19(16,17)13-5-18-4-8(13)10(14)15/h1-3,8H,4-5H2,(H,14,15). The zero-order chi connectivity index (χ0) is 14.2. The molecule has 1 aromatic carbocycles. The fourth-order valence-electron chi connectivity index (χ4n) is 1.70. The van der Waals surface area contributed by atoms with E-state index in [4.69, 9.17) is 5.11 Å². The van der Waals surface area contributed by atoms with Crippen LogP contribution >= 0.6 is 11.8 Å². The molecule has 0 amide bonds. The summed E-state index contributed by atoms with van der Waals surface area (Å²) in [7, 11) is -4.51. The van der Waals surface area contributed by atoms with Crippen molar-refractivity contribution in [3.8, 4) is 0 Å². The summed E-state index contributed by atoms with van der Waals surface area (Å²) in [6, 6.07) is 1.36. The Morgan fingerprint density at radius 3 is 2.47 bits per heavy atom. The number of sulfonamides is 1. The van der Waals surface area contributed by atoms with Gasteiger partial charge >= 0.3 is 5.97 Å². The van der Waals surface area contributed by atoms with Crippen LogP contribution in [0.1, 0.15) is 0 Å². The van der Waals surface area contributed by atoms with Crippen LogP contribution in [0.2, 0.25) is 0 Å². The van der Waals surface area contributed by atoms with Crippen LogP contribution in [0.5, 0.6) is 0 Å². The molecule has 1 unspecified atom stereocenters. The summed E-state index contributed by atoms with van der Waals surface area (Å²) in [5.74, 6) is -3.91. The van der Waals surface area contributed by atoms with Crippen LogP contribution in [-0.4, -0.2) is 41.5 Å². The lowest BCUT2D eigenvalue weighted by Crippen LogP contribution is -2.42. The van der Waals surface area contributed by atoms with Crippen molar-refractivity contribution in [2.45, 2.75) is 10.9 Å². The van der Waals surface area contributed by atoms with E-state index >= 15 is 0 Å². The Morgan fingerprint density at radius 2 is 1.95 bits per heavy atom. The van der Waals surface area contributed by atoms with Gasteiger partial charge in [-0.1, -0.05) is 6.07 Å². The van der Waals surface area contributed by atoms with Gasteiger partial charge in [-0.2, -0.15) is 4.31 Å². The van der Waals surface area contributed by atoms with E-state index in [2.05, 4.69) is 0 Å². The first-order valence-electron chi connectivity index (χ1n) is 5.12. The molecule has 1 fully saturated rings. The number of hydrogen-bond acceptors (Lipinski definition) is 4. The summed E-state index contributed by atoms with van der Waals surface area (Å²) in [6.07, 6.45) is 0. The summed E-state index contributed by atoms with van der Waals surface area (Å²) >= 11 is 1.07. The van der Waals surface area contributed by atoms with Gasteiger partial charge < -0.3 is 5.11 Å². The predicted octanol–water partition coefficient (Wildman–Crippen LogP) is 1.11. The fourth-order valence-corrected chi connectivity index (χ4v) is 4.95. The van der Waals surface area contributed by atoms with E-state index in [-0.39, 0.29) is 11.6 Å². The molecule has 9 heteroatoms. The maximum absolute atomic E-state index is 13.5. The third-order valence-corrected chi connectivity index (χ3v) is 5.70. The highest BCUT2D eigenvalue weighted by Crippen LogP contribution is 2.30. The first-order chi connectivity index (χ1) is 8.85. The van der Waals surface area contributed by atoms with Crippen molar-refractivity contribution in [1.82, 2.24) is 4.31 Å². The Kier molecular flexibility index (Phi) is 3.79. The van der Waals surface area contributed by atoms with Crippen molar-refractivity contribution in [2.24, 2.45) is 0 Å². The smallest absolute Gasteiger partial charge is 0.322 e. The zero-order valence-electron chi connectivity index (χ0n) is 9.42. The maximum atomic E-state index is 13.5. The van der Waals surface area contributed by atoms with E-state index in [0.717, 1.165) is 30.0 Å². The molecule has 1 saturated heterocycles. The number of aliphatic carboxylic acids is 1. The molecule has 104 valence electrons. The molecule has 0 bridgehead atoms. The molecule has 19 heavy (non-hydrogen) atoms. The van der Waals surface area contributed by atoms with Crippen LogP contribution in [0.4, 0.5) is 8.78 Å². The Balaban J connectivity index is 2.51. The van der Waals surface area contributed by atoms with E-state index < -0.39 is 38.6 Å².